The molecular formula is C44H26N4Pt. The number of fused-ring (bicyclic) bond motifs is 7. The Labute approximate surface area is 297 Å². The molecule has 4 nitrogen and oxygen atoms in total. The summed E-state index contributed by atoms with van der Waals surface area (Å²) < 4.78 is 2.22. The normalized spacial score (nSPS) is 11.5. The first kappa shape index (κ1) is 29.3. The number of nitrogens with zero attached hydrogens (tertiary/aromatic N) is 4. The Morgan fingerprint density at radius 1 is 0.551 bits per heavy atom. The molecule has 0 unspecified atom stereocenters. The predicted molar refractivity (Wildman–Crippen MR) is 197 cm³/mol. The Bertz CT molecular complexity index is 2800. The number of aromatic nitrogens is 4. The summed E-state index contributed by atoms with van der Waals surface area (Å²) >= 11 is 0. The van der Waals surface area contributed by atoms with Crippen LogP contribution >= 0.6 is 0 Å². The van der Waals surface area contributed by atoms with Gasteiger partial charge in [-0.15, -0.1) is 34.8 Å². The van der Waals surface area contributed by atoms with Crippen LogP contribution in [0.25, 0.3) is 93.8 Å². The van der Waals surface area contributed by atoms with E-state index in [2.05, 4.69) is 150 Å². The van der Waals surface area contributed by atoms with Crippen LogP contribution in [0, 0.1) is 6.07 Å². The average Bonchev–Trinajstić information content (AvgIpc) is 3.69. The maximum atomic E-state index is 5.27. The number of pyridine rings is 2. The summed E-state index contributed by atoms with van der Waals surface area (Å²) in [6.45, 7) is 0. The van der Waals surface area contributed by atoms with Crippen LogP contribution in [0.15, 0.2) is 158 Å². The fourth-order valence-corrected chi connectivity index (χ4v) is 7.13. The number of para-hydroxylation sites is 2. The van der Waals surface area contributed by atoms with Gasteiger partial charge in [0.1, 0.15) is 5.65 Å². The number of rotatable bonds is 4. The zero-order valence-electron chi connectivity index (χ0n) is 26.1. The molecule has 0 amide bonds. The molecule has 0 fully saturated rings. The molecule has 49 heavy (non-hydrogen) atoms. The van der Waals surface area contributed by atoms with Gasteiger partial charge in [0.25, 0.3) is 0 Å². The van der Waals surface area contributed by atoms with Gasteiger partial charge in [-0.2, -0.15) is 0 Å². The van der Waals surface area contributed by atoms with E-state index in [0.717, 1.165) is 83.1 Å². The third-order valence-electron chi connectivity index (χ3n) is 9.36. The molecule has 10 aromatic rings. The smallest absolute Gasteiger partial charge is 0.656 e. The first-order chi connectivity index (χ1) is 23.8. The van der Waals surface area contributed by atoms with E-state index in [-0.39, 0.29) is 21.1 Å². The van der Waals surface area contributed by atoms with E-state index in [1.807, 2.05) is 18.3 Å². The Morgan fingerprint density at radius 3 is 2.18 bits per heavy atom. The minimum absolute atomic E-state index is 0. The second-order valence-corrected chi connectivity index (χ2v) is 12.2. The zero-order valence-corrected chi connectivity index (χ0v) is 28.4. The quantitative estimate of drug-likeness (QED) is 0.166. The molecule has 0 radical (unpaired) electrons. The van der Waals surface area contributed by atoms with Gasteiger partial charge in [0.15, 0.2) is 0 Å². The van der Waals surface area contributed by atoms with Crippen LogP contribution in [-0.4, -0.2) is 14.5 Å². The minimum atomic E-state index is 0. The minimum Gasteiger partial charge on any atom is -0.656 e. The fraction of sp³-hybridized carbons (Fsp3) is 0. The van der Waals surface area contributed by atoms with Crippen molar-refractivity contribution < 1.29 is 21.1 Å². The van der Waals surface area contributed by atoms with Gasteiger partial charge >= 0.3 is 21.1 Å². The van der Waals surface area contributed by atoms with Gasteiger partial charge in [0.2, 0.25) is 0 Å². The van der Waals surface area contributed by atoms with E-state index in [1.54, 1.807) is 0 Å². The van der Waals surface area contributed by atoms with E-state index >= 15 is 0 Å². The van der Waals surface area contributed by atoms with Crippen LogP contribution in [0.4, 0.5) is 0 Å². The summed E-state index contributed by atoms with van der Waals surface area (Å²) in [7, 11) is 0. The van der Waals surface area contributed by atoms with Crippen LogP contribution in [0.1, 0.15) is 0 Å². The van der Waals surface area contributed by atoms with Gasteiger partial charge < -0.3 is 9.55 Å². The van der Waals surface area contributed by atoms with Crippen molar-refractivity contribution in [2.45, 2.75) is 0 Å². The predicted octanol–water partition coefficient (Wildman–Crippen LogP) is 10.8. The third-order valence-corrected chi connectivity index (χ3v) is 9.36. The van der Waals surface area contributed by atoms with Crippen molar-refractivity contribution in [2.75, 3.05) is 0 Å². The molecule has 4 aromatic heterocycles. The summed E-state index contributed by atoms with van der Waals surface area (Å²) in [5, 5.41) is 6.99. The molecule has 0 N–H and O–H groups in total. The molecule has 0 aliphatic carbocycles. The molecular weight excluding hydrogens is 780 g/mol. The van der Waals surface area contributed by atoms with E-state index in [4.69, 9.17) is 15.0 Å². The summed E-state index contributed by atoms with van der Waals surface area (Å²) in [6, 6.07) is 56.8. The Morgan fingerprint density at radius 2 is 1.29 bits per heavy atom. The van der Waals surface area contributed by atoms with Gasteiger partial charge in [-0.3, -0.25) is 4.98 Å². The first-order valence-corrected chi connectivity index (χ1v) is 16.1. The molecule has 6 aromatic carbocycles. The molecule has 0 saturated carbocycles. The van der Waals surface area contributed by atoms with Gasteiger partial charge in [0, 0.05) is 17.0 Å². The molecule has 4 heterocycles. The maximum absolute atomic E-state index is 5.27. The molecule has 0 bridgehead atoms. The number of hydrogen-bond donors (Lipinski definition) is 0. The number of hydrogen-bond acceptors (Lipinski definition) is 2. The van der Waals surface area contributed by atoms with E-state index in [9.17, 15) is 0 Å². The van der Waals surface area contributed by atoms with Gasteiger partial charge in [0.05, 0.1) is 11.2 Å². The number of benzene rings is 6. The summed E-state index contributed by atoms with van der Waals surface area (Å²) in [5.74, 6) is 0. The van der Waals surface area contributed by atoms with Crippen LogP contribution in [0.3, 0.4) is 0 Å². The van der Waals surface area contributed by atoms with Gasteiger partial charge in [-0.1, -0.05) is 115 Å². The van der Waals surface area contributed by atoms with Crippen molar-refractivity contribution in [1.82, 2.24) is 19.5 Å². The fourth-order valence-electron chi connectivity index (χ4n) is 7.13. The molecule has 0 aliphatic rings. The van der Waals surface area contributed by atoms with Crippen molar-refractivity contribution in [2.24, 2.45) is 0 Å². The molecule has 0 saturated heterocycles. The van der Waals surface area contributed by atoms with Crippen molar-refractivity contribution >= 4 is 54.5 Å². The Kier molecular flexibility index (Phi) is 7.00. The van der Waals surface area contributed by atoms with E-state index in [0.29, 0.717) is 0 Å². The third kappa shape index (κ3) is 4.79. The monoisotopic (exact) mass is 805 g/mol. The molecule has 0 aliphatic heterocycles. The van der Waals surface area contributed by atoms with Crippen molar-refractivity contribution in [3.63, 3.8) is 0 Å². The SMILES string of the molecule is [Pt+2].[c-]1c(-c2cccc(-c3cccc4c3[n-]c3cc5ccccc5cc34)n2)cc(-c2ccccc2)cc1-n1c2ccccc2c2cccnc21. The standard InChI is InChI=1S/C44H26N4.Pt/c1-2-11-28(12-3-1)31-23-32(25-33(24-31)48-42-21-7-6-15-34(42)36-18-10-22-45-44(36)48)39-19-9-20-40(46-39)37-17-8-16-35-38-26-29-13-4-5-14-30(29)27-41(38)47-43(35)37;/h1-24,26-27H;/q-2;+2. The summed E-state index contributed by atoms with van der Waals surface area (Å²) in [5.41, 5.74) is 10.7. The van der Waals surface area contributed by atoms with Gasteiger partial charge in [-0.25, -0.2) is 4.98 Å². The Balaban J connectivity index is 0.00000325. The van der Waals surface area contributed by atoms with E-state index in [1.165, 1.54) is 10.8 Å². The zero-order chi connectivity index (χ0) is 31.6. The Hall–Kier alpha value is -5.83. The largest absolute Gasteiger partial charge is 2.00 e. The van der Waals surface area contributed by atoms with Crippen molar-refractivity contribution in [1.29, 1.82) is 0 Å². The molecule has 5 heteroatoms. The summed E-state index contributed by atoms with van der Waals surface area (Å²) in [6.07, 6.45) is 1.86. The summed E-state index contributed by atoms with van der Waals surface area (Å²) in [4.78, 5) is 15.3. The van der Waals surface area contributed by atoms with Crippen LogP contribution in [-0.2, 0) is 21.1 Å². The van der Waals surface area contributed by atoms with Crippen molar-refractivity contribution in [3.05, 3.63) is 164 Å². The maximum Gasteiger partial charge on any atom is 2.00 e. The average molecular weight is 806 g/mol. The van der Waals surface area contributed by atoms with Crippen LogP contribution in [0.2, 0.25) is 0 Å². The van der Waals surface area contributed by atoms with Gasteiger partial charge in [-0.05, 0) is 74.4 Å². The van der Waals surface area contributed by atoms with E-state index < -0.39 is 0 Å². The molecule has 10 rings (SSSR count). The molecule has 0 spiro atoms. The topological polar surface area (TPSA) is 44.8 Å². The second kappa shape index (κ2) is 11.7. The van der Waals surface area contributed by atoms with Crippen LogP contribution in [0.5, 0.6) is 0 Å². The second-order valence-electron chi connectivity index (χ2n) is 12.2. The van der Waals surface area contributed by atoms with Crippen molar-refractivity contribution in [3.8, 4) is 39.3 Å². The van der Waals surface area contributed by atoms with Crippen LogP contribution < -0.4 is 4.98 Å². The molecule has 232 valence electrons. The molecule has 0 atom stereocenters. The first-order valence-electron chi connectivity index (χ1n) is 16.1.